The van der Waals surface area contributed by atoms with E-state index in [0.29, 0.717) is 11.6 Å². The molecule has 1 aromatic heterocycles. The average molecular weight is 238 g/mol. The van der Waals surface area contributed by atoms with E-state index < -0.39 is 0 Å². The standard InChI is InChI=1S/C11H12ClN3O/c1-16-10-3-2-8(5-13)11(4-10)15-7-9(12)6-14-15/h2-4,6-7H,5,13H2,1H3. The molecular weight excluding hydrogens is 226 g/mol. The van der Waals surface area contributed by atoms with Crippen molar-refractivity contribution in [2.24, 2.45) is 5.73 Å². The first-order valence-electron chi connectivity index (χ1n) is 4.82. The molecule has 1 aromatic carbocycles. The van der Waals surface area contributed by atoms with Crippen molar-refractivity contribution < 1.29 is 4.74 Å². The molecular formula is C11H12ClN3O. The van der Waals surface area contributed by atoms with Crippen molar-refractivity contribution in [1.29, 1.82) is 0 Å². The summed E-state index contributed by atoms with van der Waals surface area (Å²) in [6.45, 7) is 0.441. The maximum absolute atomic E-state index is 5.83. The number of hydrogen-bond acceptors (Lipinski definition) is 3. The van der Waals surface area contributed by atoms with E-state index in [0.717, 1.165) is 17.0 Å². The Kier molecular flexibility index (Phi) is 3.12. The van der Waals surface area contributed by atoms with E-state index in [4.69, 9.17) is 22.1 Å². The molecule has 4 nitrogen and oxygen atoms in total. The van der Waals surface area contributed by atoms with Crippen LogP contribution in [0.2, 0.25) is 5.02 Å². The first-order valence-corrected chi connectivity index (χ1v) is 5.20. The van der Waals surface area contributed by atoms with Gasteiger partial charge in [-0.05, 0) is 11.6 Å². The second-order valence-electron chi connectivity index (χ2n) is 3.30. The van der Waals surface area contributed by atoms with Gasteiger partial charge in [-0.25, -0.2) is 4.68 Å². The fraction of sp³-hybridized carbons (Fsp3) is 0.182. The van der Waals surface area contributed by atoms with Crippen LogP contribution >= 0.6 is 11.6 Å². The maximum Gasteiger partial charge on any atom is 0.121 e. The highest BCUT2D eigenvalue weighted by Gasteiger charge is 2.06. The molecule has 1 heterocycles. The van der Waals surface area contributed by atoms with Gasteiger partial charge < -0.3 is 10.5 Å². The van der Waals surface area contributed by atoms with Gasteiger partial charge >= 0.3 is 0 Å². The second kappa shape index (κ2) is 4.55. The van der Waals surface area contributed by atoms with E-state index in [1.807, 2.05) is 18.2 Å². The van der Waals surface area contributed by atoms with E-state index in [2.05, 4.69) is 5.10 Å². The first-order chi connectivity index (χ1) is 7.74. The van der Waals surface area contributed by atoms with E-state index in [9.17, 15) is 0 Å². The molecule has 0 aliphatic carbocycles. The summed E-state index contributed by atoms with van der Waals surface area (Å²) in [7, 11) is 1.62. The summed E-state index contributed by atoms with van der Waals surface area (Å²) >= 11 is 5.83. The SMILES string of the molecule is COc1ccc(CN)c(-n2cc(Cl)cn2)c1. The van der Waals surface area contributed by atoms with Gasteiger partial charge in [-0.1, -0.05) is 17.7 Å². The highest BCUT2D eigenvalue weighted by atomic mass is 35.5. The highest BCUT2D eigenvalue weighted by Crippen LogP contribution is 2.21. The van der Waals surface area contributed by atoms with Crippen LogP contribution in [0.3, 0.4) is 0 Å². The van der Waals surface area contributed by atoms with Crippen LogP contribution in [-0.4, -0.2) is 16.9 Å². The molecule has 0 radical (unpaired) electrons. The zero-order chi connectivity index (χ0) is 11.5. The molecule has 0 aliphatic heterocycles. The summed E-state index contributed by atoms with van der Waals surface area (Å²) < 4.78 is 6.86. The van der Waals surface area contributed by atoms with Gasteiger partial charge in [-0.3, -0.25) is 0 Å². The molecule has 2 N–H and O–H groups in total. The van der Waals surface area contributed by atoms with Crippen LogP contribution in [0.15, 0.2) is 30.6 Å². The number of ether oxygens (including phenoxy) is 1. The molecule has 2 aromatic rings. The number of rotatable bonds is 3. The summed E-state index contributed by atoms with van der Waals surface area (Å²) in [5, 5.41) is 4.73. The lowest BCUT2D eigenvalue weighted by atomic mass is 10.1. The minimum absolute atomic E-state index is 0.441. The van der Waals surface area contributed by atoms with E-state index in [1.54, 1.807) is 24.2 Å². The second-order valence-corrected chi connectivity index (χ2v) is 3.74. The molecule has 0 amide bonds. The Morgan fingerprint density at radius 3 is 2.88 bits per heavy atom. The molecule has 0 aliphatic rings. The van der Waals surface area contributed by atoms with E-state index >= 15 is 0 Å². The van der Waals surface area contributed by atoms with E-state index in [-0.39, 0.29) is 0 Å². The summed E-state index contributed by atoms with van der Waals surface area (Å²) in [6.07, 6.45) is 3.32. The minimum Gasteiger partial charge on any atom is -0.497 e. The first kappa shape index (κ1) is 11.0. The minimum atomic E-state index is 0.441. The smallest absolute Gasteiger partial charge is 0.121 e. The number of nitrogens with two attached hydrogens (primary N) is 1. The number of nitrogens with zero attached hydrogens (tertiary/aromatic N) is 2. The maximum atomic E-state index is 5.83. The largest absolute Gasteiger partial charge is 0.497 e. The van der Waals surface area contributed by atoms with Crippen LogP contribution in [-0.2, 0) is 6.54 Å². The number of hydrogen-bond donors (Lipinski definition) is 1. The lowest BCUT2D eigenvalue weighted by molar-refractivity contribution is 0.414. The molecule has 0 spiro atoms. The third-order valence-electron chi connectivity index (χ3n) is 2.31. The number of methoxy groups -OCH3 is 1. The summed E-state index contributed by atoms with van der Waals surface area (Å²) in [6, 6.07) is 5.67. The highest BCUT2D eigenvalue weighted by molar-refractivity contribution is 6.30. The molecule has 16 heavy (non-hydrogen) atoms. The third kappa shape index (κ3) is 2.03. The van der Waals surface area contributed by atoms with Crippen LogP contribution in [0.5, 0.6) is 5.75 Å². The molecule has 2 rings (SSSR count). The van der Waals surface area contributed by atoms with Crippen LogP contribution in [0.1, 0.15) is 5.56 Å². The Bertz CT molecular complexity index is 496. The van der Waals surface area contributed by atoms with Gasteiger partial charge in [0.25, 0.3) is 0 Å². The van der Waals surface area contributed by atoms with Gasteiger partial charge in [0.2, 0.25) is 0 Å². The Morgan fingerprint density at radius 1 is 1.50 bits per heavy atom. The zero-order valence-electron chi connectivity index (χ0n) is 8.85. The monoisotopic (exact) mass is 237 g/mol. The topological polar surface area (TPSA) is 53.1 Å². The van der Waals surface area contributed by atoms with Crippen LogP contribution in [0, 0.1) is 0 Å². The lowest BCUT2D eigenvalue weighted by Gasteiger charge is -2.09. The number of aromatic nitrogens is 2. The molecule has 0 unspecified atom stereocenters. The van der Waals surface area contributed by atoms with Crippen molar-refractivity contribution in [2.45, 2.75) is 6.54 Å². The van der Waals surface area contributed by atoms with Crippen LogP contribution in [0.4, 0.5) is 0 Å². The van der Waals surface area contributed by atoms with Crippen LogP contribution < -0.4 is 10.5 Å². The quantitative estimate of drug-likeness (QED) is 0.888. The Hall–Kier alpha value is -1.52. The van der Waals surface area contributed by atoms with Gasteiger partial charge in [0.1, 0.15) is 5.75 Å². The van der Waals surface area contributed by atoms with Crippen LogP contribution in [0.25, 0.3) is 5.69 Å². The fourth-order valence-corrected chi connectivity index (χ4v) is 1.63. The van der Waals surface area contributed by atoms with Gasteiger partial charge in [0.15, 0.2) is 0 Å². The normalized spacial score (nSPS) is 10.4. The molecule has 0 atom stereocenters. The van der Waals surface area contributed by atoms with Crippen molar-refractivity contribution in [3.05, 3.63) is 41.2 Å². The van der Waals surface area contributed by atoms with Gasteiger partial charge in [0.05, 0.1) is 24.0 Å². The van der Waals surface area contributed by atoms with Crippen molar-refractivity contribution in [3.8, 4) is 11.4 Å². The van der Waals surface area contributed by atoms with Crippen molar-refractivity contribution in [1.82, 2.24) is 9.78 Å². The Balaban J connectivity index is 2.52. The summed E-state index contributed by atoms with van der Waals surface area (Å²) in [5.74, 6) is 0.763. The molecule has 0 fully saturated rings. The van der Waals surface area contributed by atoms with E-state index in [1.165, 1.54) is 0 Å². The lowest BCUT2D eigenvalue weighted by Crippen LogP contribution is -2.05. The summed E-state index contributed by atoms with van der Waals surface area (Å²) in [5.41, 5.74) is 7.54. The summed E-state index contributed by atoms with van der Waals surface area (Å²) in [4.78, 5) is 0. The average Bonchev–Trinajstić information content (AvgIpc) is 2.75. The third-order valence-corrected chi connectivity index (χ3v) is 2.51. The van der Waals surface area contributed by atoms with Gasteiger partial charge in [-0.2, -0.15) is 5.10 Å². The van der Waals surface area contributed by atoms with Crippen molar-refractivity contribution >= 4 is 11.6 Å². The zero-order valence-corrected chi connectivity index (χ0v) is 9.61. The fourth-order valence-electron chi connectivity index (χ4n) is 1.49. The molecule has 0 saturated carbocycles. The predicted molar refractivity (Wildman–Crippen MR) is 63.0 cm³/mol. The molecule has 0 bridgehead atoms. The van der Waals surface area contributed by atoms with Gasteiger partial charge in [0, 0.05) is 18.8 Å². The number of halogens is 1. The number of benzene rings is 1. The van der Waals surface area contributed by atoms with Crippen molar-refractivity contribution in [3.63, 3.8) is 0 Å². The molecule has 0 saturated heterocycles. The van der Waals surface area contributed by atoms with Gasteiger partial charge in [-0.15, -0.1) is 0 Å². The predicted octanol–water partition coefficient (Wildman–Crippen LogP) is 1.99. The molecule has 84 valence electrons. The Labute approximate surface area is 98.6 Å². The molecule has 5 heteroatoms. The Morgan fingerprint density at radius 2 is 2.31 bits per heavy atom. The van der Waals surface area contributed by atoms with Crippen molar-refractivity contribution in [2.75, 3.05) is 7.11 Å².